The lowest BCUT2D eigenvalue weighted by Gasteiger charge is -2.24. The molecule has 0 aliphatic rings. The molecule has 2 aromatic rings. The predicted molar refractivity (Wildman–Crippen MR) is 85.9 cm³/mol. The van der Waals surface area contributed by atoms with Gasteiger partial charge in [-0.15, -0.1) is 0 Å². The second-order valence-corrected chi connectivity index (χ2v) is 5.95. The number of amides is 1. The smallest absolute Gasteiger partial charge is 0.230 e. The summed E-state index contributed by atoms with van der Waals surface area (Å²) in [5, 5.41) is 10.1. The first kappa shape index (κ1) is 16.1. The molecule has 1 aromatic heterocycles. The summed E-state index contributed by atoms with van der Waals surface area (Å²) >= 11 is 0. The molecule has 0 saturated heterocycles. The van der Waals surface area contributed by atoms with Crippen LogP contribution in [0.1, 0.15) is 36.4 Å². The van der Waals surface area contributed by atoms with Crippen LogP contribution in [0.3, 0.4) is 0 Å². The van der Waals surface area contributed by atoms with Crippen molar-refractivity contribution in [3.8, 4) is 5.75 Å². The number of hydrogen-bond acceptors (Lipinski definition) is 3. The minimum absolute atomic E-state index is 0.0160. The van der Waals surface area contributed by atoms with E-state index in [1.807, 2.05) is 52.0 Å². The van der Waals surface area contributed by atoms with Crippen LogP contribution >= 0.6 is 0 Å². The summed E-state index contributed by atoms with van der Waals surface area (Å²) in [5.41, 5.74) is 3.28. The van der Waals surface area contributed by atoms with E-state index in [0.717, 1.165) is 28.3 Å². The molecule has 0 aliphatic heterocycles. The van der Waals surface area contributed by atoms with E-state index in [9.17, 15) is 4.79 Å². The molecule has 0 bridgehead atoms. The summed E-state index contributed by atoms with van der Waals surface area (Å²) < 4.78 is 5.15. The van der Waals surface area contributed by atoms with Gasteiger partial charge in [-0.2, -0.15) is 5.10 Å². The molecule has 2 N–H and O–H groups in total. The van der Waals surface area contributed by atoms with Gasteiger partial charge in [-0.3, -0.25) is 9.89 Å². The number of hydrogen-bond donors (Lipinski definition) is 2. The minimum Gasteiger partial charge on any atom is -0.497 e. The van der Waals surface area contributed by atoms with Crippen LogP contribution in [0.25, 0.3) is 0 Å². The Morgan fingerprint density at radius 1 is 1.27 bits per heavy atom. The highest BCUT2D eigenvalue weighted by Crippen LogP contribution is 2.25. The standard InChI is InChI=1S/C17H23N3O2/c1-11-15(12(2)20-19-11)10-18-16(21)17(3,4)13-6-8-14(22-5)9-7-13/h6-9H,10H2,1-5H3,(H,18,21)(H,19,20). The van der Waals surface area contributed by atoms with Gasteiger partial charge >= 0.3 is 0 Å². The molecule has 1 heterocycles. The maximum atomic E-state index is 12.6. The number of ether oxygens (including phenoxy) is 1. The topological polar surface area (TPSA) is 67.0 Å². The number of nitrogens with zero attached hydrogens (tertiary/aromatic N) is 1. The van der Waals surface area contributed by atoms with Crippen LogP contribution in [0, 0.1) is 13.8 Å². The Labute approximate surface area is 131 Å². The highest BCUT2D eigenvalue weighted by atomic mass is 16.5. The highest BCUT2D eigenvalue weighted by Gasteiger charge is 2.29. The first-order chi connectivity index (χ1) is 10.4. The highest BCUT2D eigenvalue weighted by molar-refractivity contribution is 5.87. The average Bonchev–Trinajstić information content (AvgIpc) is 2.83. The molecule has 5 heteroatoms. The van der Waals surface area contributed by atoms with E-state index in [1.165, 1.54) is 0 Å². The number of aromatic amines is 1. The first-order valence-electron chi connectivity index (χ1n) is 7.29. The molecule has 0 aliphatic carbocycles. The molecule has 0 saturated carbocycles. The van der Waals surface area contributed by atoms with E-state index in [0.29, 0.717) is 6.54 Å². The number of aryl methyl sites for hydroxylation is 2. The largest absolute Gasteiger partial charge is 0.497 e. The molecule has 0 fully saturated rings. The molecule has 0 spiro atoms. The van der Waals surface area contributed by atoms with Crippen molar-refractivity contribution in [1.82, 2.24) is 15.5 Å². The zero-order valence-corrected chi connectivity index (χ0v) is 13.8. The van der Waals surface area contributed by atoms with E-state index >= 15 is 0 Å². The molecule has 2 rings (SSSR count). The average molecular weight is 301 g/mol. The third-order valence-corrected chi connectivity index (χ3v) is 4.09. The Morgan fingerprint density at radius 2 is 1.91 bits per heavy atom. The van der Waals surface area contributed by atoms with Crippen molar-refractivity contribution in [2.45, 2.75) is 39.7 Å². The lowest BCUT2D eigenvalue weighted by molar-refractivity contribution is -0.125. The van der Waals surface area contributed by atoms with Crippen LogP contribution in [0.15, 0.2) is 24.3 Å². The molecular weight excluding hydrogens is 278 g/mol. The summed E-state index contributed by atoms with van der Waals surface area (Å²) in [6, 6.07) is 7.59. The van der Waals surface area contributed by atoms with E-state index in [-0.39, 0.29) is 5.91 Å². The second kappa shape index (κ2) is 6.22. The zero-order chi connectivity index (χ0) is 16.3. The molecule has 22 heavy (non-hydrogen) atoms. The van der Waals surface area contributed by atoms with Crippen LogP contribution in [-0.4, -0.2) is 23.2 Å². The van der Waals surface area contributed by atoms with Gasteiger partial charge in [0.15, 0.2) is 0 Å². The van der Waals surface area contributed by atoms with Crippen LogP contribution in [0.2, 0.25) is 0 Å². The molecule has 118 valence electrons. The molecule has 0 unspecified atom stereocenters. The number of rotatable bonds is 5. The van der Waals surface area contributed by atoms with Gasteiger partial charge in [-0.05, 0) is 45.4 Å². The predicted octanol–water partition coefficient (Wildman–Crippen LogP) is 2.63. The fourth-order valence-corrected chi connectivity index (χ4v) is 2.36. The Kier molecular flexibility index (Phi) is 4.54. The normalized spacial score (nSPS) is 11.3. The number of methoxy groups -OCH3 is 1. The number of aromatic nitrogens is 2. The van der Waals surface area contributed by atoms with Crippen molar-refractivity contribution < 1.29 is 9.53 Å². The van der Waals surface area contributed by atoms with Crippen LogP contribution in [0.5, 0.6) is 5.75 Å². The van der Waals surface area contributed by atoms with Crippen molar-refractivity contribution in [3.05, 3.63) is 46.8 Å². The number of carbonyl (C=O) groups is 1. The molecule has 1 amide bonds. The number of nitrogens with one attached hydrogen (secondary N) is 2. The number of carbonyl (C=O) groups excluding carboxylic acids is 1. The Hall–Kier alpha value is -2.30. The van der Waals surface area contributed by atoms with Crippen molar-refractivity contribution in [2.24, 2.45) is 0 Å². The van der Waals surface area contributed by atoms with Crippen LogP contribution in [-0.2, 0) is 16.8 Å². The quantitative estimate of drug-likeness (QED) is 0.892. The van der Waals surface area contributed by atoms with Gasteiger partial charge in [-0.1, -0.05) is 12.1 Å². The van der Waals surface area contributed by atoms with Gasteiger partial charge in [0.25, 0.3) is 0 Å². The van der Waals surface area contributed by atoms with Crippen LogP contribution in [0.4, 0.5) is 0 Å². The monoisotopic (exact) mass is 301 g/mol. The van der Waals surface area contributed by atoms with Gasteiger partial charge in [0.05, 0.1) is 18.2 Å². The van der Waals surface area contributed by atoms with Crippen molar-refractivity contribution >= 4 is 5.91 Å². The maximum Gasteiger partial charge on any atom is 0.230 e. The summed E-state index contributed by atoms with van der Waals surface area (Å²) in [6.07, 6.45) is 0. The first-order valence-corrected chi connectivity index (χ1v) is 7.29. The Morgan fingerprint density at radius 3 is 2.41 bits per heavy atom. The van der Waals surface area contributed by atoms with Gasteiger partial charge in [-0.25, -0.2) is 0 Å². The van der Waals surface area contributed by atoms with Crippen molar-refractivity contribution in [1.29, 1.82) is 0 Å². The molecule has 1 aromatic carbocycles. The van der Waals surface area contributed by atoms with E-state index < -0.39 is 5.41 Å². The second-order valence-electron chi connectivity index (χ2n) is 5.95. The fourth-order valence-electron chi connectivity index (χ4n) is 2.36. The fraction of sp³-hybridized carbons (Fsp3) is 0.412. The Balaban J connectivity index is 2.09. The molecular formula is C17H23N3O2. The SMILES string of the molecule is COc1ccc(C(C)(C)C(=O)NCc2c(C)n[nH]c2C)cc1. The van der Waals surface area contributed by atoms with E-state index in [1.54, 1.807) is 7.11 Å². The summed E-state index contributed by atoms with van der Waals surface area (Å²) in [5.74, 6) is 0.766. The lowest BCUT2D eigenvalue weighted by atomic mass is 9.83. The van der Waals surface area contributed by atoms with E-state index in [4.69, 9.17) is 4.74 Å². The van der Waals surface area contributed by atoms with Crippen molar-refractivity contribution in [3.63, 3.8) is 0 Å². The lowest BCUT2D eigenvalue weighted by Crippen LogP contribution is -2.39. The third-order valence-electron chi connectivity index (χ3n) is 4.09. The van der Waals surface area contributed by atoms with E-state index in [2.05, 4.69) is 15.5 Å². The summed E-state index contributed by atoms with van der Waals surface area (Å²) in [6.45, 7) is 8.20. The zero-order valence-electron chi connectivity index (χ0n) is 13.8. The van der Waals surface area contributed by atoms with Gasteiger partial charge in [0.1, 0.15) is 5.75 Å². The van der Waals surface area contributed by atoms with Crippen molar-refractivity contribution in [2.75, 3.05) is 7.11 Å². The number of H-pyrrole nitrogens is 1. The summed E-state index contributed by atoms with van der Waals surface area (Å²) in [7, 11) is 1.63. The van der Waals surface area contributed by atoms with Gasteiger partial charge in [0.2, 0.25) is 5.91 Å². The minimum atomic E-state index is -0.613. The third kappa shape index (κ3) is 3.13. The molecule has 0 radical (unpaired) electrons. The molecule has 5 nitrogen and oxygen atoms in total. The van der Waals surface area contributed by atoms with Gasteiger partial charge in [0, 0.05) is 17.8 Å². The summed E-state index contributed by atoms with van der Waals surface area (Å²) in [4.78, 5) is 12.6. The van der Waals surface area contributed by atoms with Crippen LogP contribution < -0.4 is 10.1 Å². The van der Waals surface area contributed by atoms with Gasteiger partial charge < -0.3 is 10.1 Å². The maximum absolute atomic E-state index is 12.6. The number of benzene rings is 1. The Bertz CT molecular complexity index is 638. The molecule has 0 atom stereocenters.